The highest BCUT2D eigenvalue weighted by Gasteiger charge is 2.39. The first-order valence-corrected chi connectivity index (χ1v) is 8.71. The smallest absolute Gasteiger partial charge is 0.241 e. The molecule has 1 N–H and O–H groups in total. The van der Waals surface area contributed by atoms with Gasteiger partial charge < -0.3 is 4.90 Å². The summed E-state index contributed by atoms with van der Waals surface area (Å²) in [4.78, 5) is 14.3. The SMILES string of the molecule is CCC1NC(c2ccccc2F)N(CCC(C)SC)C1=O. The lowest BCUT2D eigenvalue weighted by atomic mass is 10.1. The van der Waals surface area contributed by atoms with Crippen molar-refractivity contribution in [3.8, 4) is 0 Å². The van der Waals surface area contributed by atoms with Crippen molar-refractivity contribution in [2.75, 3.05) is 12.8 Å². The molecule has 1 saturated heterocycles. The zero-order chi connectivity index (χ0) is 15.4. The van der Waals surface area contributed by atoms with Crippen molar-refractivity contribution >= 4 is 17.7 Å². The van der Waals surface area contributed by atoms with E-state index in [0.29, 0.717) is 17.4 Å². The molecule has 21 heavy (non-hydrogen) atoms. The van der Waals surface area contributed by atoms with E-state index >= 15 is 0 Å². The maximum atomic E-state index is 14.1. The van der Waals surface area contributed by atoms with Gasteiger partial charge in [0, 0.05) is 17.4 Å². The van der Waals surface area contributed by atoms with E-state index in [-0.39, 0.29) is 23.9 Å². The molecule has 3 unspecified atom stereocenters. The van der Waals surface area contributed by atoms with E-state index in [2.05, 4.69) is 18.5 Å². The number of nitrogens with one attached hydrogen (secondary N) is 1. The predicted octanol–water partition coefficient (Wildman–Crippen LogP) is 3.18. The number of hydrogen-bond acceptors (Lipinski definition) is 3. The molecule has 0 saturated carbocycles. The topological polar surface area (TPSA) is 32.3 Å². The highest BCUT2D eigenvalue weighted by atomic mass is 32.2. The molecule has 1 aliphatic rings. The summed E-state index contributed by atoms with van der Waals surface area (Å²) in [6, 6.07) is 6.48. The first-order chi connectivity index (χ1) is 10.1. The Bertz CT molecular complexity index is 497. The molecule has 2 rings (SSSR count). The molecule has 1 amide bonds. The fraction of sp³-hybridized carbons (Fsp3) is 0.562. The number of rotatable bonds is 6. The van der Waals surface area contributed by atoms with Gasteiger partial charge in [-0.25, -0.2) is 4.39 Å². The Hall–Kier alpha value is -1.07. The number of carbonyl (C=O) groups is 1. The van der Waals surface area contributed by atoms with E-state index in [1.54, 1.807) is 28.8 Å². The molecule has 0 radical (unpaired) electrons. The first-order valence-electron chi connectivity index (χ1n) is 7.42. The normalized spacial score (nSPS) is 23.6. The van der Waals surface area contributed by atoms with Gasteiger partial charge in [-0.15, -0.1) is 0 Å². The summed E-state index contributed by atoms with van der Waals surface area (Å²) >= 11 is 1.78. The Labute approximate surface area is 130 Å². The molecule has 0 aromatic heterocycles. The number of benzene rings is 1. The van der Waals surface area contributed by atoms with Gasteiger partial charge in [-0.05, 0) is 25.2 Å². The van der Waals surface area contributed by atoms with Crippen molar-refractivity contribution in [2.45, 2.75) is 44.1 Å². The molecular weight excluding hydrogens is 287 g/mol. The second-order valence-corrected chi connectivity index (χ2v) is 6.69. The van der Waals surface area contributed by atoms with Crippen LogP contribution in [0.2, 0.25) is 0 Å². The van der Waals surface area contributed by atoms with Crippen LogP contribution in [0.5, 0.6) is 0 Å². The van der Waals surface area contributed by atoms with Crippen LogP contribution in [0.1, 0.15) is 38.4 Å². The van der Waals surface area contributed by atoms with E-state index in [1.807, 2.05) is 13.0 Å². The third kappa shape index (κ3) is 3.58. The Morgan fingerprint density at radius 2 is 2.14 bits per heavy atom. The number of amides is 1. The number of carbonyl (C=O) groups excluding carboxylic acids is 1. The van der Waals surface area contributed by atoms with Crippen LogP contribution in [0.3, 0.4) is 0 Å². The van der Waals surface area contributed by atoms with E-state index in [9.17, 15) is 9.18 Å². The van der Waals surface area contributed by atoms with Crippen molar-refractivity contribution in [3.05, 3.63) is 35.6 Å². The number of halogens is 1. The highest BCUT2D eigenvalue weighted by molar-refractivity contribution is 7.99. The predicted molar refractivity (Wildman–Crippen MR) is 85.7 cm³/mol. The highest BCUT2D eigenvalue weighted by Crippen LogP contribution is 2.29. The second kappa shape index (κ2) is 7.27. The summed E-state index contributed by atoms with van der Waals surface area (Å²) in [5, 5.41) is 3.75. The summed E-state index contributed by atoms with van der Waals surface area (Å²) in [5.41, 5.74) is 0.554. The monoisotopic (exact) mass is 310 g/mol. The Morgan fingerprint density at radius 3 is 2.76 bits per heavy atom. The molecular formula is C16H23FN2OS. The van der Waals surface area contributed by atoms with Gasteiger partial charge in [0.05, 0.1) is 6.04 Å². The molecule has 0 bridgehead atoms. The average Bonchev–Trinajstić information content (AvgIpc) is 2.81. The summed E-state index contributed by atoms with van der Waals surface area (Å²) in [6.07, 6.45) is 3.35. The lowest BCUT2D eigenvalue weighted by Gasteiger charge is -2.26. The third-order valence-electron chi connectivity index (χ3n) is 4.04. The molecule has 1 fully saturated rings. The van der Waals surface area contributed by atoms with Crippen LogP contribution >= 0.6 is 11.8 Å². The molecule has 116 valence electrons. The summed E-state index contributed by atoms with van der Waals surface area (Å²) in [5.74, 6) is -0.179. The Balaban J connectivity index is 2.20. The Kier molecular flexibility index (Phi) is 5.65. The first kappa shape index (κ1) is 16.3. The van der Waals surface area contributed by atoms with Crippen LogP contribution in [-0.4, -0.2) is 34.9 Å². The van der Waals surface area contributed by atoms with Gasteiger partial charge >= 0.3 is 0 Å². The van der Waals surface area contributed by atoms with E-state index < -0.39 is 0 Å². The fourth-order valence-corrected chi connectivity index (χ4v) is 2.95. The van der Waals surface area contributed by atoms with Crippen molar-refractivity contribution in [1.82, 2.24) is 10.2 Å². The molecule has 1 aliphatic heterocycles. The molecule has 1 aromatic carbocycles. The number of thioether (sulfide) groups is 1. The maximum Gasteiger partial charge on any atom is 0.241 e. The molecule has 0 spiro atoms. The van der Waals surface area contributed by atoms with Gasteiger partial charge in [-0.2, -0.15) is 11.8 Å². The van der Waals surface area contributed by atoms with Crippen LogP contribution in [-0.2, 0) is 4.79 Å². The van der Waals surface area contributed by atoms with Gasteiger partial charge in [-0.3, -0.25) is 10.1 Å². The van der Waals surface area contributed by atoms with Crippen molar-refractivity contribution in [2.24, 2.45) is 0 Å². The average molecular weight is 310 g/mol. The zero-order valence-electron chi connectivity index (χ0n) is 12.8. The van der Waals surface area contributed by atoms with Gasteiger partial charge in [0.25, 0.3) is 0 Å². The third-order valence-corrected chi connectivity index (χ3v) is 5.08. The van der Waals surface area contributed by atoms with Gasteiger partial charge in [0.15, 0.2) is 0 Å². The van der Waals surface area contributed by atoms with Crippen molar-refractivity contribution in [1.29, 1.82) is 0 Å². The molecule has 1 heterocycles. The quantitative estimate of drug-likeness (QED) is 0.876. The van der Waals surface area contributed by atoms with Crippen LogP contribution in [0, 0.1) is 5.82 Å². The number of hydrogen-bond donors (Lipinski definition) is 1. The van der Waals surface area contributed by atoms with Gasteiger partial charge in [0.1, 0.15) is 12.0 Å². The molecule has 1 aromatic rings. The van der Waals surface area contributed by atoms with E-state index in [0.717, 1.165) is 12.8 Å². The lowest BCUT2D eigenvalue weighted by Crippen LogP contribution is -2.33. The standard InChI is InChI=1S/C16H23FN2OS/c1-4-14-16(20)19(10-9-11(2)21-3)15(18-14)12-7-5-6-8-13(12)17/h5-8,11,14-15,18H,4,9-10H2,1-3H3. The zero-order valence-corrected chi connectivity index (χ0v) is 13.6. The minimum Gasteiger partial charge on any atom is -0.321 e. The lowest BCUT2D eigenvalue weighted by molar-refractivity contribution is -0.130. The molecule has 5 heteroatoms. The molecule has 0 aliphatic carbocycles. The molecule has 3 atom stereocenters. The second-order valence-electron chi connectivity index (χ2n) is 5.42. The van der Waals surface area contributed by atoms with E-state index in [4.69, 9.17) is 0 Å². The summed E-state index contributed by atoms with van der Waals surface area (Å²) < 4.78 is 14.1. The minimum absolute atomic E-state index is 0.0825. The van der Waals surface area contributed by atoms with Crippen LogP contribution in [0.25, 0.3) is 0 Å². The fourth-order valence-electron chi connectivity index (χ4n) is 2.60. The largest absolute Gasteiger partial charge is 0.321 e. The van der Waals surface area contributed by atoms with Crippen molar-refractivity contribution < 1.29 is 9.18 Å². The van der Waals surface area contributed by atoms with Crippen LogP contribution < -0.4 is 5.32 Å². The van der Waals surface area contributed by atoms with E-state index in [1.165, 1.54) is 6.07 Å². The molecule has 3 nitrogen and oxygen atoms in total. The maximum absolute atomic E-state index is 14.1. The summed E-state index contributed by atoms with van der Waals surface area (Å²) in [7, 11) is 0. The van der Waals surface area contributed by atoms with Gasteiger partial charge in [0.2, 0.25) is 5.91 Å². The van der Waals surface area contributed by atoms with Gasteiger partial charge in [-0.1, -0.05) is 32.0 Å². The van der Waals surface area contributed by atoms with Crippen LogP contribution in [0.15, 0.2) is 24.3 Å². The van der Waals surface area contributed by atoms with Crippen LogP contribution in [0.4, 0.5) is 4.39 Å². The number of nitrogens with zero attached hydrogens (tertiary/aromatic N) is 1. The Morgan fingerprint density at radius 1 is 1.43 bits per heavy atom. The van der Waals surface area contributed by atoms with Crippen molar-refractivity contribution in [3.63, 3.8) is 0 Å². The summed E-state index contributed by atoms with van der Waals surface area (Å²) in [6.45, 7) is 4.78. The minimum atomic E-state index is -0.349.